The van der Waals surface area contributed by atoms with Gasteiger partial charge in [0.2, 0.25) is 0 Å². The van der Waals surface area contributed by atoms with Crippen LogP contribution in [0.5, 0.6) is 0 Å². The number of nitrogens with two attached hydrogens (primary N) is 1. The maximum atomic E-state index is 11.7. The lowest BCUT2D eigenvalue weighted by molar-refractivity contribution is 0.0820. The van der Waals surface area contributed by atoms with Gasteiger partial charge >= 0.3 is 0 Å². The standard InChI is InChI=1S/C12H20N2O2S/c1-3-8(4-2)10(15)7-14-12(16)11-9(13)5-6-17-11/h5-6,8,10,15H,3-4,7,13H2,1-2H3,(H,14,16). The van der Waals surface area contributed by atoms with Gasteiger partial charge in [0.05, 0.1) is 11.8 Å². The van der Waals surface area contributed by atoms with Crippen LogP contribution in [0.4, 0.5) is 5.69 Å². The number of aliphatic hydroxyl groups is 1. The lowest BCUT2D eigenvalue weighted by Gasteiger charge is -2.20. The first-order valence-corrected chi connectivity index (χ1v) is 6.77. The summed E-state index contributed by atoms with van der Waals surface area (Å²) in [5.74, 6) is 0.0264. The molecule has 0 saturated carbocycles. The van der Waals surface area contributed by atoms with Gasteiger partial charge in [0.15, 0.2) is 0 Å². The fraction of sp³-hybridized carbons (Fsp3) is 0.583. The molecule has 1 aromatic heterocycles. The Hall–Kier alpha value is -1.07. The second-order valence-corrected chi connectivity index (χ2v) is 4.98. The molecule has 1 rings (SSSR count). The third-order valence-electron chi connectivity index (χ3n) is 2.97. The van der Waals surface area contributed by atoms with Gasteiger partial charge in [-0.2, -0.15) is 0 Å². The van der Waals surface area contributed by atoms with Crippen LogP contribution in [-0.4, -0.2) is 23.7 Å². The molecule has 4 nitrogen and oxygen atoms in total. The normalized spacial score (nSPS) is 12.7. The van der Waals surface area contributed by atoms with Crippen molar-refractivity contribution in [1.82, 2.24) is 5.32 Å². The third-order valence-corrected chi connectivity index (χ3v) is 3.90. The Bertz CT molecular complexity index is 361. The van der Waals surface area contributed by atoms with Crippen molar-refractivity contribution in [1.29, 1.82) is 0 Å². The van der Waals surface area contributed by atoms with Crippen molar-refractivity contribution in [2.45, 2.75) is 32.8 Å². The highest BCUT2D eigenvalue weighted by Gasteiger charge is 2.17. The molecule has 4 N–H and O–H groups in total. The summed E-state index contributed by atoms with van der Waals surface area (Å²) in [6.07, 6.45) is 1.33. The lowest BCUT2D eigenvalue weighted by atomic mass is 9.96. The Morgan fingerprint density at radius 2 is 2.18 bits per heavy atom. The molecule has 0 aliphatic carbocycles. The molecular formula is C12H20N2O2S. The molecule has 96 valence electrons. The van der Waals surface area contributed by atoms with Gasteiger partial charge in [0.25, 0.3) is 5.91 Å². The molecule has 1 unspecified atom stereocenters. The average Bonchev–Trinajstić information content (AvgIpc) is 2.74. The van der Waals surface area contributed by atoms with E-state index in [-0.39, 0.29) is 18.4 Å². The van der Waals surface area contributed by atoms with E-state index in [0.717, 1.165) is 12.8 Å². The minimum atomic E-state index is -0.491. The second kappa shape index (κ2) is 6.61. The summed E-state index contributed by atoms with van der Waals surface area (Å²) < 4.78 is 0. The minimum Gasteiger partial charge on any atom is -0.397 e. The van der Waals surface area contributed by atoms with Gasteiger partial charge < -0.3 is 16.2 Å². The van der Waals surface area contributed by atoms with Gasteiger partial charge in [-0.25, -0.2) is 0 Å². The van der Waals surface area contributed by atoms with E-state index in [1.807, 2.05) is 13.8 Å². The van der Waals surface area contributed by atoms with Gasteiger partial charge in [-0.05, 0) is 17.4 Å². The fourth-order valence-corrected chi connectivity index (χ4v) is 2.51. The number of carbonyl (C=O) groups is 1. The topological polar surface area (TPSA) is 75.3 Å². The average molecular weight is 256 g/mol. The molecule has 0 aliphatic rings. The Labute approximate surface area is 106 Å². The quantitative estimate of drug-likeness (QED) is 0.727. The number of rotatable bonds is 6. The number of nitrogens with one attached hydrogen (secondary N) is 1. The maximum Gasteiger partial charge on any atom is 0.263 e. The Morgan fingerprint density at radius 3 is 2.65 bits per heavy atom. The zero-order chi connectivity index (χ0) is 12.8. The number of carbonyl (C=O) groups excluding carboxylic acids is 1. The predicted molar refractivity (Wildman–Crippen MR) is 71.1 cm³/mol. The molecule has 0 bridgehead atoms. The summed E-state index contributed by atoms with van der Waals surface area (Å²) in [7, 11) is 0. The summed E-state index contributed by atoms with van der Waals surface area (Å²) in [4.78, 5) is 12.3. The molecular weight excluding hydrogens is 236 g/mol. The molecule has 1 atom stereocenters. The molecule has 0 radical (unpaired) electrons. The van der Waals surface area contributed by atoms with E-state index in [4.69, 9.17) is 5.73 Å². The largest absolute Gasteiger partial charge is 0.397 e. The number of thiophene rings is 1. The molecule has 1 aromatic rings. The van der Waals surface area contributed by atoms with E-state index in [1.165, 1.54) is 11.3 Å². The molecule has 1 amide bonds. The Morgan fingerprint density at radius 1 is 1.53 bits per heavy atom. The van der Waals surface area contributed by atoms with Crippen molar-refractivity contribution in [3.63, 3.8) is 0 Å². The van der Waals surface area contributed by atoms with Gasteiger partial charge in [-0.3, -0.25) is 4.79 Å². The van der Waals surface area contributed by atoms with Crippen LogP contribution in [0, 0.1) is 5.92 Å². The number of amides is 1. The number of nitrogen functional groups attached to an aromatic ring is 1. The lowest BCUT2D eigenvalue weighted by Crippen LogP contribution is -2.36. The van der Waals surface area contributed by atoms with Crippen molar-refractivity contribution in [3.05, 3.63) is 16.3 Å². The van der Waals surface area contributed by atoms with Crippen LogP contribution in [0.2, 0.25) is 0 Å². The monoisotopic (exact) mass is 256 g/mol. The first kappa shape index (κ1) is 14.0. The summed E-state index contributed by atoms with van der Waals surface area (Å²) in [5.41, 5.74) is 6.14. The second-order valence-electron chi connectivity index (χ2n) is 4.06. The first-order chi connectivity index (χ1) is 8.10. The maximum absolute atomic E-state index is 11.7. The fourth-order valence-electron chi connectivity index (χ4n) is 1.78. The van der Waals surface area contributed by atoms with Crippen LogP contribution in [0.1, 0.15) is 36.4 Å². The van der Waals surface area contributed by atoms with E-state index >= 15 is 0 Å². The summed E-state index contributed by atoms with van der Waals surface area (Å²) >= 11 is 1.31. The van der Waals surface area contributed by atoms with Crippen molar-refractivity contribution >= 4 is 22.9 Å². The van der Waals surface area contributed by atoms with Crippen molar-refractivity contribution in [2.75, 3.05) is 12.3 Å². The van der Waals surface area contributed by atoms with Crippen molar-refractivity contribution in [2.24, 2.45) is 5.92 Å². The molecule has 0 spiro atoms. The molecule has 1 heterocycles. The molecule has 0 saturated heterocycles. The molecule has 0 aliphatic heterocycles. The van der Waals surface area contributed by atoms with E-state index in [0.29, 0.717) is 10.6 Å². The zero-order valence-corrected chi connectivity index (χ0v) is 11.1. The van der Waals surface area contributed by atoms with E-state index < -0.39 is 6.10 Å². The SMILES string of the molecule is CCC(CC)C(O)CNC(=O)c1sccc1N. The van der Waals surface area contributed by atoms with Crippen LogP contribution in [0.3, 0.4) is 0 Å². The summed E-state index contributed by atoms with van der Waals surface area (Å²) in [6.45, 7) is 4.36. The highest BCUT2D eigenvalue weighted by Crippen LogP contribution is 2.18. The number of aliphatic hydroxyl groups excluding tert-OH is 1. The highest BCUT2D eigenvalue weighted by atomic mass is 32.1. The zero-order valence-electron chi connectivity index (χ0n) is 10.3. The molecule has 5 heteroatoms. The van der Waals surface area contributed by atoms with Crippen LogP contribution in [-0.2, 0) is 0 Å². The molecule has 17 heavy (non-hydrogen) atoms. The summed E-state index contributed by atoms with van der Waals surface area (Å²) in [5, 5.41) is 14.4. The first-order valence-electron chi connectivity index (χ1n) is 5.89. The third kappa shape index (κ3) is 3.71. The van der Waals surface area contributed by atoms with Gasteiger partial charge in [0, 0.05) is 6.54 Å². The number of anilines is 1. The molecule has 0 aromatic carbocycles. The van der Waals surface area contributed by atoms with Gasteiger partial charge in [-0.15, -0.1) is 11.3 Å². The van der Waals surface area contributed by atoms with Crippen molar-refractivity contribution < 1.29 is 9.90 Å². The smallest absolute Gasteiger partial charge is 0.263 e. The van der Waals surface area contributed by atoms with E-state index in [2.05, 4.69) is 5.32 Å². The predicted octanol–water partition coefficient (Wildman–Crippen LogP) is 1.86. The van der Waals surface area contributed by atoms with Crippen LogP contribution < -0.4 is 11.1 Å². The van der Waals surface area contributed by atoms with Gasteiger partial charge in [-0.1, -0.05) is 26.7 Å². The van der Waals surface area contributed by atoms with Crippen LogP contribution >= 0.6 is 11.3 Å². The highest BCUT2D eigenvalue weighted by molar-refractivity contribution is 7.12. The van der Waals surface area contributed by atoms with E-state index in [1.54, 1.807) is 11.4 Å². The Balaban J connectivity index is 2.46. The minimum absolute atomic E-state index is 0.206. The van der Waals surface area contributed by atoms with Crippen molar-refractivity contribution in [3.8, 4) is 0 Å². The Kier molecular flexibility index (Phi) is 5.44. The number of hydrogen-bond donors (Lipinski definition) is 3. The van der Waals surface area contributed by atoms with E-state index in [9.17, 15) is 9.90 Å². The number of hydrogen-bond acceptors (Lipinski definition) is 4. The molecule has 0 fully saturated rings. The summed E-state index contributed by atoms with van der Waals surface area (Å²) in [6, 6.07) is 1.71. The van der Waals surface area contributed by atoms with Crippen LogP contribution in [0.25, 0.3) is 0 Å². The van der Waals surface area contributed by atoms with Gasteiger partial charge in [0.1, 0.15) is 4.88 Å². The van der Waals surface area contributed by atoms with Crippen LogP contribution in [0.15, 0.2) is 11.4 Å².